The van der Waals surface area contributed by atoms with E-state index in [2.05, 4.69) is 10.3 Å². The Bertz CT molecular complexity index is 495. The van der Waals surface area contributed by atoms with Crippen molar-refractivity contribution < 1.29 is 9.59 Å². The molecule has 3 N–H and O–H groups in total. The van der Waals surface area contributed by atoms with Gasteiger partial charge in [0.1, 0.15) is 5.69 Å². The van der Waals surface area contributed by atoms with Crippen LogP contribution in [0.5, 0.6) is 0 Å². The van der Waals surface area contributed by atoms with E-state index in [4.69, 9.17) is 5.73 Å². The lowest BCUT2D eigenvalue weighted by molar-refractivity contribution is -0.131. The lowest BCUT2D eigenvalue weighted by Crippen LogP contribution is -2.35. The number of amides is 2. The lowest BCUT2D eigenvalue weighted by atomic mass is 10.2. The fourth-order valence-electron chi connectivity index (χ4n) is 2.51. The minimum atomic E-state index is -0.219. The van der Waals surface area contributed by atoms with Crippen molar-refractivity contribution >= 4 is 23.2 Å². The Morgan fingerprint density at radius 1 is 1.27 bits per heavy atom. The molecule has 2 rings (SSSR count). The predicted octanol–water partition coefficient (Wildman–Crippen LogP) is 1.17. The van der Waals surface area contributed by atoms with Gasteiger partial charge in [-0.15, -0.1) is 11.3 Å². The third-order valence-corrected chi connectivity index (χ3v) is 4.63. The van der Waals surface area contributed by atoms with Crippen LogP contribution in [0.1, 0.15) is 47.6 Å². The van der Waals surface area contributed by atoms with Crippen molar-refractivity contribution in [1.29, 1.82) is 0 Å². The second-order valence-corrected chi connectivity index (χ2v) is 6.41. The van der Waals surface area contributed by atoms with E-state index in [1.54, 1.807) is 5.38 Å². The molecule has 1 aromatic rings. The Hall–Kier alpha value is -1.47. The van der Waals surface area contributed by atoms with Crippen LogP contribution < -0.4 is 11.1 Å². The molecule has 1 aromatic heterocycles. The first-order valence-corrected chi connectivity index (χ1v) is 8.79. The first kappa shape index (κ1) is 16.9. The van der Waals surface area contributed by atoms with E-state index in [0.29, 0.717) is 31.6 Å². The first-order chi connectivity index (χ1) is 10.7. The average Bonchev–Trinajstić information content (AvgIpc) is 2.81. The molecule has 7 heteroatoms. The third kappa shape index (κ3) is 5.06. The van der Waals surface area contributed by atoms with Gasteiger partial charge in [0.05, 0.1) is 5.01 Å². The molecule has 2 amide bonds. The summed E-state index contributed by atoms with van der Waals surface area (Å²) >= 11 is 1.44. The second-order valence-electron chi connectivity index (χ2n) is 5.47. The summed E-state index contributed by atoms with van der Waals surface area (Å²) in [7, 11) is 0. The van der Waals surface area contributed by atoms with Gasteiger partial charge < -0.3 is 16.0 Å². The normalized spacial score (nSPS) is 15.4. The Balaban J connectivity index is 1.72. The summed E-state index contributed by atoms with van der Waals surface area (Å²) in [5, 5.41) is 5.37. The molecular weight excluding hydrogens is 300 g/mol. The van der Waals surface area contributed by atoms with Crippen LogP contribution in [0.4, 0.5) is 0 Å². The predicted molar refractivity (Wildman–Crippen MR) is 86.9 cm³/mol. The Labute approximate surface area is 135 Å². The van der Waals surface area contributed by atoms with E-state index in [-0.39, 0.29) is 11.8 Å². The Morgan fingerprint density at radius 3 is 2.68 bits per heavy atom. The van der Waals surface area contributed by atoms with Crippen molar-refractivity contribution in [3.05, 3.63) is 16.1 Å². The Kier molecular flexibility index (Phi) is 6.79. The van der Waals surface area contributed by atoms with Crippen LogP contribution in [-0.2, 0) is 11.2 Å². The zero-order chi connectivity index (χ0) is 15.8. The summed E-state index contributed by atoms with van der Waals surface area (Å²) in [5.41, 5.74) is 5.88. The highest BCUT2D eigenvalue weighted by molar-refractivity contribution is 7.09. The zero-order valence-corrected chi connectivity index (χ0v) is 13.7. The van der Waals surface area contributed by atoms with Gasteiger partial charge in [0.15, 0.2) is 0 Å². The largest absolute Gasteiger partial charge is 0.350 e. The summed E-state index contributed by atoms with van der Waals surface area (Å²) < 4.78 is 0. The van der Waals surface area contributed by atoms with Crippen molar-refractivity contribution in [1.82, 2.24) is 15.2 Å². The van der Waals surface area contributed by atoms with Crippen LogP contribution in [0.25, 0.3) is 0 Å². The van der Waals surface area contributed by atoms with Crippen LogP contribution >= 0.6 is 11.3 Å². The molecule has 0 spiro atoms. The SMILES string of the molecule is NCCc1nc(C(=O)NCCC(=O)N2CCCCCC2)cs1. The molecule has 0 unspecified atom stereocenters. The third-order valence-electron chi connectivity index (χ3n) is 3.73. The van der Waals surface area contributed by atoms with Crippen LogP contribution in [0.2, 0.25) is 0 Å². The van der Waals surface area contributed by atoms with Crippen molar-refractivity contribution in [2.75, 3.05) is 26.2 Å². The summed E-state index contributed by atoms with van der Waals surface area (Å²) in [4.78, 5) is 30.2. The molecule has 6 nitrogen and oxygen atoms in total. The maximum Gasteiger partial charge on any atom is 0.270 e. The monoisotopic (exact) mass is 324 g/mol. The highest BCUT2D eigenvalue weighted by Gasteiger charge is 2.16. The molecule has 0 atom stereocenters. The molecule has 2 heterocycles. The molecule has 1 saturated heterocycles. The smallest absolute Gasteiger partial charge is 0.270 e. The number of aromatic nitrogens is 1. The van der Waals surface area contributed by atoms with Crippen molar-refractivity contribution in [3.8, 4) is 0 Å². The molecule has 0 aromatic carbocycles. The molecule has 22 heavy (non-hydrogen) atoms. The van der Waals surface area contributed by atoms with Gasteiger partial charge in [-0.05, 0) is 19.4 Å². The number of likely N-dealkylation sites (tertiary alicyclic amines) is 1. The van der Waals surface area contributed by atoms with E-state index in [1.165, 1.54) is 24.2 Å². The summed E-state index contributed by atoms with van der Waals surface area (Å²) in [6, 6.07) is 0. The van der Waals surface area contributed by atoms with Crippen molar-refractivity contribution in [3.63, 3.8) is 0 Å². The lowest BCUT2D eigenvalue weighted by Gasteiger charge is -2.20. The summed E-state index contributed by atoms with van der Waals surface area (Å²) in [5.74, 6) is -0.0903. The number of hydrogen-bond donors (Lipinski definition) is 2. The number of thiazole rings is 1. The second kappa shape index (κ2) is 8.85. The van der Waals surface area contributed by atoms with Crippen LogP contribution in [0, 0.1) is 0 Å². The molecule has 1 fully saturated rings. The van der Waals surface area contributed by atoms with E-state index in [1.807, 2.05) is 4.90 Å². The fourth-order valence-corrected chi connectivity index (χ4v) is 3.30. The highest BCUT2D eigenvalue weighted by Crippen LogP contribution is 2.11. The highest BCUT2D eigenvalue weighted by atomic mass is 32.1. The van der Waals surface area contributed by atoms with E-state index in [9.17, 15) is 9.59 Å². The van der Waals surface area contributed by atoms with Crippen LogP contribution in [-0.4, -0.2) is 47.9 Å². The minimum absolute atomic E-state index is 0.129. The van der Waals surface area contributed by atoms with E-state index >= 15 is 0 Å². The van der Waals surface area contributed by atoms with E-state index in [0.717, 1.165) is 30.9 Å². The fraction of sp³-hybridized carbons (Fsp3) is 0.667. The van der Waals surface area contributed by atoms with Crippen LogP contribution in [0.15, 0.2) is 5.38 Å². The number of hydrogen-bond acceptors (Lipinski definition) is 5. The topological polar surface area (TPSA) is 88.3 Å². The maximum absolute atomic E-state index is 12.1. The summed E-state index contributed by atoms with van der Waals surface area (Å²) in [6.07, 6.45) is 5.61. The Morgan fingerprint density at radius 2 is 2.00 bits per heavy atom. The van der Waals surface area contributed by atoms with Gasteiger partial charge >= 0.3 is 0 Å². The summed E-state index contributed by atoms with van der Waals surface area (Å²) in [6.45, 7) is 2.58. The number of carbonyl (C=O) groups excluding carboxylic acids is 2. The number of rotatable bonds is 6. The maximum atomic E-state index is 12.1. The molecule has 1 aliphatic rings. The van der Waals surface area contributed by atoms with Gasteiger partial charge in [-0.2, -0.15) is 0 Å². The minimum Gasteiger partial charge on any atom is -0.350 e. The van der Waals surface area contributed by atoms with Crippen molar-refractivity contribution in [2.24, 2.45) is 5.73 Å². The van der Waals surface area contributed by atoms with Gasteiger partial charge in [-0.3, -0.25) is 9.59 Å². The van der Waals surface area contributed by atoms with Gasteiger partial charge in [0.25, 0.3) is 5.91 Å². The van der Waals surface area contributed by atoms with Gasteiger partial charge in [0, 0.05) is 37.9 Å². The zero-order valence-electron chi connectivity index (χ0n) is 12.8. The molecular formula is C15H24N4O2S. The van der Waals surface area contributed by atoms with Gasteiger partial charge in [-0.25, -0.2) is 4.98 Å². The molecule has 0 saturated carbocycles. The molecule has 0 aliphatic carbocycles. The quantitative estimate of drug-likeness (QED) is 0.822. The molecule has 0 bridgehead atoms. The molecule has 1 aliphatic heterocycles. The number of nitrogens with zero attached hydrogens (tertiary/aromatic N) is 2. The first-order valence-electron chi connectivity index (χ1n) is 7.91. The number of nitrogens with two attached hydrogens (primary N) is 1. The standard InChI is InChI=1S/C15H24N4O2S/c16-7-5-13-18-12(11-22-13)15(21)17-8-6-14(20)19-9-3-1-2-4-10-19/h11H,1-10,16H2,(H,17,21). The number of nitrogens with one attached hydrogen (secondary N) is 1. The van der Waals surface area contributed by atoms with Gasteiger partial charge in [-0.1, -0.05) is 12.8 Å². The van der Waals surface area contributed by atoms with Crippen LogP contribution in [0.3, 0.4) is 0 Å². The molecule has 0 radical (unpaired) electrons. The average molecular weight is 324 g/mol. The molecule has 122 valence electrons. The number of carbonyl (C=O) groups is 2. The van der Waals surface area contributed by atoms with Crippen molar-refractivity contribution in [2.45, 2.75) is 38.5 Å². The van der Waals surface area contributed by atoms with E-state index < -0.39 is 0 Å². The van der Waals surface area contributed by atoms with Gasteiger partial charge in [0.2, 0.25) is 5.91 Å².